The summed E-state index contributed by atoms with van der Waals surface area (Å²) < 4.78 is 11.2. The number of hydrogen-bond donors (Lipinski definition) is 2. The number of aromatic amines is 1. The number of nitrogens with one attached hydrogen (secondary N) is 1. The van der Waals surface area contributed by atoms with Crippen LogP contribution < -0.4 is 10.5 Å². The Morgan fingerprint density at radius 3 is 2.54 bits per heavy atom. The third-order valence-corrected chi connectivity index (χ3v) is 4.18. The van der Waals surface area contributed by atoms with Gasteiger partial charge in [-0.15, -0.1) is 17.5 Å². The molecule has 26 heavy (non-hydrogen) atoms. The van der Waals surface area contributed by atoms with Crippen LogP contribution in [0.25, 0.3) is 11.3 Å². The van der Waals surface area contributed by atoms with Crippen LogP contribution >= 0.6 is 12.4 Å². The van der Waals surface area contributed by atoms with Gasteiger partial charge in [0.25, 0.3) is 5.88 Å². The highest BCUT2D eigenvalue weighted by molar-refractivity contribution is 5.85. The lowest BCUT2D eigenvalue weighted by atomic mass is 9.95. The minimum Gasteiger partial charge on any atom is -0.474 e. The van der Waals surface area contributed by atoms with Crippen LogP contribution in [0, 0.1) is 0 Å². The van der Waals surface area contributed by atoms with Crippen molar-refractivity contribution in [3.8, 4) is 17.2 Å². The van der Waals surface area contributed by atoms with Crippen LogP contribution in [0.4, 0.5) is 0 Å². The van der Waals surface area contributed by atoms with Crippen LogP contribution in [-0.2, 0) is 0 Å². The van der Waals surface area contributed by atoms with E-state index in [1.54, 1.807) is 12.4 Å². The highest BCUT2D eigenvalue weighted by atomic mass is 35.5. The molecule has 140 valence electrons. The number of H-pyrrole nitrogens is 1. The van der Waals surface area contributed by atoms with Gasteiger partial charge >= 0.3 is 0 Å². The zero-order valence-electron chi connectivity index (χ0n) is 14.5. The molecule has 3 aromatic rings. The first kappa shape index (κ1) is 19.9. The van der Waals surface area contributed by atoms with Crippen molar-refractivity contribution in [1.82, 2.24) is 20.6 Å². The number of nitrogens with zero attached hydrogens (tertiary/aromatic N) is 3. The maximum atomic E-state index is 5.67. The summed E-state index contributed by atoms with van der Waals surface area (Å²) in [5.74, 6) is 1.97. The van der Waals surface area contributed by atoms with Gasteiger partial charge in [0.2, 0.25) is 0 Å². The molecule has 0 aliphatic heterocycles. The number of aromatic nitrogens is 4. The Morgan fingerprint density at radius 2 is 1.96 bits per heavy atom. The Kier molecular flexibility index (Phi) is 8.11. The normalized spacial score (nSPS) is 13.6. The molecular weight excluding hydrogens is 354 g/mol. The van der Waals surface area contributed by atoms with Gasteiger partial charge in [0.05, 0.1) is 11.8 Å². The van der Waals surface area contributed by atoms with Gasteiger partial charge in [-0.25, -0.2) is 0 Å². The maximum absolute atomic E-state index is 5.67. The van der Waals surface area contributed by atoms with E-state index >= 15 is 0 Å². The van der Waals surface area contributed by atoms with Crippen LogP contribution in [-0.4, -0.2) is 33.7 Å². The molecule has 1 saturated carbocycles. The van der Waals surface area contributed by atoms with E-state index in [0.717, 1.165) is 16.9 Å². The van der Waals surface area contributed by atoms with Gasteiger partial charge in [0.1, 0.15) is 6.61 Å². The van der Waals surface area contributed by atoms with Crippen molar-refractivity contribution in [2.75, 3.05) is 13.2 Å². The zero-order valence-corrected chi connectivity index (χ0v) is 15.3. The van der Waals surface area contributed by atoms with E-state index in [4.69, 9.17) is 15.0 Å². The molecule has 0 bridgehead atoms. The van der Waals surface area contributed by atoms with Crippen molar-refractivity contribution in [1.29, 1.82) is 0 Å². The minimum atomic E-state index is 0. The predicted molar refractivity (Wildman–Crippen MR) is 101 cm³/mol. The van der Waals surface area contributed by atoms with E-state index in [1.807, 2.05) is 30.3 Å². The number of hydrogen-bond acceptors (Lipinski definition) is 6. The molecule has 8 heteroatoms. The molecule has 2 aromatic heterocycles. The van der Waals surface area contributed by atoms with Crippen LogP contribution in [0.5, 0.6) is 5.88 Å². The van der Waals surface area contributed by atoms with Crippen LogP contribution in [0.1, 0.15) is 37.2 Å². The van der Waals surface area contributed by atoms with Crippen LogP contribution in [0.2, 0.25) is 0 Å². The Bertz CT molecular complexity index is 710. The highest BCUT2D eigenvalue weighted by Crippen LogP contribution is 2.43. The van der Waals surface area contributed by atoms with Crippen molar-refractivity contribution < 1.29 is 9.26 Å². The summed E-state index contributed by atoms with van der Waals surface area (Å²) in [5, 5.41) is 13.4. The van der Waals surface area contributed by atoms with E-state index in [9.17, 15) is 0 Å². The van der Waals surface area contributed by atoms with E-state index in [0.29, 0.717) is 24.9 Å². The molecule has 1 fully saturated rings. The molecule has 0 atom stereocenters. The van der Waals surface area contributed by atoms with Gasteiger partial charge in [0.15, 0.2) is 5.76 Å². The first-order valence-electron chi connectivity index (χ1n) is 8.58. The number of ether oxygens (including phenoxy) is 1. The second kappa shape index (κ2) is 10.6. The molecule has 0 spiro atoms. The number of nitrogens with two attached hydrogens (primary N) is 1. The number of halogens is 1. The topological polar surface area (TPSA) is 103 Å². The largest absolute Gasteiger partial charge is 0.474 e. The summed E-state index contributed by atoms with van der Waals surface area (Å²) in [4.78, 5) is 0. The molecule has 0 saturated heterocycles. The van der Waals surface area contributed by atoms with Crippen molar-refractivity contribution in [2.45, 2.75) is 31.6 Å². The minimum absolute atomic E-state index is 0. The zero-order chi connectivity index (χ0) is 17.3. The Labute approximate surface area is 158 Å². The molecule has 0 radical (unpaired) electrons. The fraction of sp³-hybridized carbons (Fsp3) is 0.389. The summed E-state index contributed by atoms with van der Waals surface area (Å²) in [7, 11) is 0. The maximum Gasteiger partial charge on any atom is 0.258 e. The molecule has 0 unspecified atom stereocenters. The van der Waals surface area contributed by atoms with E-state index in [2.05, 4.69) is 20.6 Å². The van der Waals surface area contributed by atoms with Gasteiger partial charge in [-0.3, -0.25) is 5.10 Å². The third-order valence-electron chi connectivity index (χ3n) is 4.18. The first-order chi connectivity index (χ1) is 12.4. The molecule has 1 aliphatic rings. The van der Waals surface area contributed by atoms with E-state index < -0.39 is 0 Å². The van der Waals surface area contributed by atoms with E-state index in [1.165, 1.54) is 25.7 Å². The van der Waals surface area contributed by atoms with Gasteiger partial charge < -0.3 is 15.0 Å². The van der Waals surface area contributed by atoms with Crippen molar-refractivity contribution in [3.63, 3.8) is 0 Å². The highest BCUT2D eigenvalue weighted by Gasteiger charge is 2.28. The fourth-order valence-electron chi connectivity index (χ4n) is 3.08. The molecule has 2 heterocycles. The van der Waals surface area contributed by atoms with E-state index in [-0.39, 0.29) is 12.4 Å². The lowest BCUT2D eigenvalue weighted by Crippen LogP contribution is -2.12. The molecule has 0 amide bonds. The average molecular weight is 378 g/mol. The molecule has 3 N–H and O–H groups in total. The molecule has 4 rings (SSSR count). The number of rotatable bonds is 5. The summed E-state index contributed by atoms with van der Waals surface area (Å²) in [6, 6.07) is 10.1. The lowest BCUT2D eigenvalue weighted by molar-refractivity contribution is 0.286. The van der Waals surface area contributed by atoms with Gasteiger partial charge in [-0.05, 0) is 23.9 Å². The predicted octanol–water partition coefficient (Wildman–Crippen LogP) is 3.56. The molecule has 7 nitrogen and oxygen atoms in total. The standard InChI is InChI=1S/C16H20N2O2.C2H3N3.ClH/c17-10-11-19-16-14(12-6-4-5-7-12)15(20-18-16)13-8-2-1-3-9-13;1-2-4-5-3-1;/h1-3,8-9,12H,4-7,10-11,17H2;1-2H,(H,3,4,5);1H. The summed E-state index contributed by atoms with van der Waals surface area (Å²) >= 11 is 0. The monoisotopic (exact) mass is 377 g/mol. The smallest absolute Gasteiger partial charge is 0.258 e. The lowest BCUT2D eigenvalue weighted by Gasteiger charge is -2.11. The second-order valence-corrected chi connectivity index (χ2v) is 5.88. The fourth-order valence-corrected chi connectivity index (χ4v) is 3.08. The third kappa shape index (κ3) is 5.06. The summed E-state index contributed by atoms with van der Waals surface area (Å²) in [6.45, 7) is 0.956. The van der Waals surface area contributed by atoms with Crippen molar-refractivity contribution in [3.05, 3.63) is 48.3 Å². The Balaban J connectivity index is 0.000000351. The first-order valence-corrected chi connectivity index (χ1v) is 8.58. The number of benzene rings is 1. The molecular formula is C18H24ClN5O2. The van der Waals surface area contributed by atoms with Gasteiger partial charge in [0, 0.05) is 18.3 Å². The van der Waals surface area contributed by atoms with Gasteiger partial charge in [-0.2, -0.15) is 0 Å². The second-order valence-electron chi connectivity index (χ2n) is 5.88. The Morgan fingerprint density at radius 1 is 1.19 bits per heavy atom. The quantitative estimate of drug-likeness (QED) is 0.704. The Hall–Kier alpha value is -2.38. The summed E-state index contributed by atoms with van der Waals surface area (Å²) in [5.41, 5.74) is 7.70. The van der Waals surface area contributed by atoms with Crippen molar-refractivity contribution >= 4 is 12.4 Å². The van der Waals surface area contributed by atoms with Crippen LogP contribution in [0.3, 0.4) is 0 Å². The molecule has 1 aromatic carbocycles. The van der Waals surface area contributed by atoms with Gasteiger partial charge in [-0.1, -0.05) is 48.4 Å². The van der Waals surface area contributed by atoms with Crippen molar-refractivity contribution in [2.24, 2.45) is 5.73 Å². The molecule has 1 aliphatic carbocycles. The average Bonchev–Trinajstić information content (AvgIpc) is 3.43. The SMILES string of the molecule is Cl.NCCOc1noc(-c2ccccc2)c1C1CCCC1.c1c[nH]nn1. The summed E-state index contributed by atoms with van der Waals surface area (Å²) in [6.07, 6.45) is 8.13. The van der Waals surface area contributed by atoms with Crippen LogP contribution in [0.15, 0.2) is 47.2 Å².